The zero-order valence-electron chi connectivity index (χ0n) is 8.77. The normalized spacial score (nSPS) is 20.8. The van der Waals surface area contributed by atoms with Crippen LogP contribution in [0.15, 0.2) is 12.4 Å². The van der Waals surface area contributed by atoms with Crippen molar-refractivity contribution in [1.29, 1.82) is 0 Å². The molecule has 2 rings (SSSR count). The van der Waals surface area contributed by atoms with Crippen molar-refractivity contribution in [2.24, 2.45) is 11.7 Å². The van der Waals surface area contributed by atoms with Crippen molar-refractivity contribution in [3.8, 4) is 0 Å². The maximum Gasteiger partial charge on any atom is 0.222 e. The van der Waals surface area contributed by atoms with E-state index < -0.39 is 0 Å². The number of piperidine rings is 1. The highest BCUT2D eigenvalue weighted by atomic mass is 35.5. The summed E-state index contributed by atoms with van der Waals surface area (Å²) in [5.74, 6) is 0.354. The summed E-state index contributed by atoms with van der Waals surface area (Å²) in [5.41, 5.74) is 5.31. The molecule has 0 aromatic carbocycles. The zero-order valence-corrected chi connectivity index (χ0v) is 9.52. The second-order valence-corrected chi connectivity index (χ2v) is 4.27. The summed E-state index contributed by atoms with van der Waals surface area (Å²) in [5, 5.41) is 0.360. The van der Waals surface area contributed by atoms with Crippen LogP contribution in [0.3, 0.4) is 0 Å². The van der Waals surface area contributed by atoms with Crippen LogP contribution in [0.1, 0.15) is 12.8 Å². The van der Waals surface area contributed by atoms with Crippen molar-refractivity contribution in [2.45, 2.75) is 12.8 Å². The molecule has 1 aromatic heterocycles. The highest BCUT2D eigenvalue weighted by Crippen LogP contribution is 2.21. The number of primary amides is 1. The van der Waals surface area contributed by atoms with Crippen LogP contribution in [0.4, 0.5) is 5.82 Å². The first-order valence-corrected chi connectivity index (χ1v) is 5.56. The number of rotatable bonds is 2. The van der Waals surface area contributed by atoms with E-state index in [1.54, 1.807) is 6.20 Å². The van der Waals surface area contributed by atoms with Crippen LogP contribution in [0.2, 0.25) is 5.15 Å². The standard InChI is InChI=1S/C10H13ClN4O/c11-8-4-13-5-9(14-8)15-3-1-2-7(6-15)10(12)16/h4-5,7H,1-3,6H2,(H2,12,16). The second-order valence-electron chi connectivity index (χ2n) is 3.89. The summed E-state index contributed by atoms with van der Waals surface area (Å²) >= 11 is 5.77. The SMILES string of the molecule is NC(=O)C1CCCN(c2cncc(Cl)n2)C1. The molecule has 0 aliphatic carbocycles. The number of nitrogens with zero attached hydrogens (tertiary/aromatic N) is 3. The fraction of sp³-hybridized carbons (Fsp3) is 0.500. The van der Waals surface area contributed by atoms with Gasteiger partial charge in [-0.3, -0.25) is 9.78 Å². The molecule has 1 aliphatic rings. The summed E-state index contributed by atoms with van der Waals surface area (Å²) < 4.78 is 0. The number of nitrogens with two attached hydrogens (primary N) is 1. The first-order chi connectivity index (χ1) is 7.66. The highest BCUT2D eigenvalue weighted by molar-refractivity contribution is 6.29. The Kier molecular flexibility index (Phi) is 3.24. The van der Waals surface area contributed by atoms with Gasteiger partial charge in [-0.1, -0.05) is 11.6 Å². The molecule has 6 heteroatoms. The predicted octanol–water partition coefficient (Wildman–Crippen LogP) is 0.832. The Morgan fingerprint density at radius 3 is 3.06 bits per heavy atom. The van der Waals surface area contributed by atoms with Gasteiger partial charge in [0, 0.05) is 13.1 Å². The number of anilines is 1. The molecule has 86 valence electrons. The largest absolute Gasteiger partial charge is 0.369 e. The van der Waals surface area contributed by atoms with E-state index >= 15 is 0 Å². The van der Waals surface area contributed by atoms with Gasteiger partial charge in [0.1, 0.15) is 11.0 Å². The Morgan fingerprint density at radius 2 is 2.38 bits per heavy atom. The molecule has 16 heavy (non-hydrogen) atoms. The number of hydrogen-bond donors (Lipinski definition) is 1. The second kappa shape index (κ2) is 4.65. The van der Waals surface area contributed by atoms with Crippen LogP contribution < -0.4 is 10.6 Å². The molecular formula is C10H13ClN4O. The van der Waals surface area contributed by atoms with E-state index in [2.05, 4.69) is 9.97 Å². The number of hydrogen-bond acceptors (Lipinski definition) is 4. The molecule has 1 unspecified atom stereocenters. The lowest BCUT2D eigenvalue weighted by atomic mass is 9.98. The van der Waals surface area contributed by atoms with Crippen LogP contribution >= 0.6 is 11.6 Å². The molecule has 2 N–H and O–H groups in total. The van der Waals surface area contributed by atoms with Crippen molar-refractivity contribution in [3.05, 3.63) is 17.5 Å². The monoisotopic (exact) mass is 240 g/mol. The van der Waals surface area contributed by atoms with Crippen molar-refractivity contribution >= 4 is 23.3 Å². The third kappa shape index (κ3) is 2.41. The molecule has 1 fully saturated rings. The third-order valence-electron chi connectivity index (χ3n) is 2.74. The van der Waals surface area contributed by atoms with Crippen molar-refractivity contribution in [1.82, 2.24) is 9.97 Å². The molecule has 1 amide bonds. The summed E-state index contributed by atoms with van der Waals surface area (Å²) in [7, 11) is 0. The van der Waals surface area contributed by atoms with Gasteiger partial charge in [0.15, 0.2) is 0 Å². The number of aromatic nitrogens is 2. The maximum absolute atomic E-state index is 11.1. The van der Waals surface area contributed by atoms with Crippen molar-refractivity contribution < 1.29 is 4.79 Å². The van der Waals surface area contributed by atoms with E-state index in [1.807, 2.05) is 4.90 Å². The van der Waals surface area contributed by atoms with Gasteiger partial charge in [-0.15, -0.1) is 0 Å². The van der Waals surface area contributed by atoms with Gasteiger partial charge in [-0.25, -0.2) is 4.98 Å². The summed E-state index contributed by atoms with van der Waals surface area (Å²) in [6, 6.07) is 0. The van der Waals surface area contributed by atoms with Crippen LogP contribution in [-0.4, -0.2) is 29.0 Å². The van der Waals surface area contributed by atoms with Crippen LogP contribution in [0, 0.1) is 5.92 Å². The third-order valence-corrected chi connectivity index (χ3v) is 2.92. The Labute approximate surface area is 98.6 Å². The van der Waals surface area contributed by atoms with E-state index in [-0.39, 0.29) is 11.8 Å². The van der Waals surface area contributed by atoms with Gasteiger partial charge in [0.25, 0.3) is 0 Å². The minimum atomic E-state index is -0.250. The molecular weight excluding hydrogens is 228 g/mol. The zero-order chi connectivity index (χ0) is 11.5. The van der Waals surface area contributed by atoms with Crippen molar-refractivity contribution in [3.63, 3.8) is 0 Å². The molecule has 0 bridgehead atoms. The molecule has 0 spiro atoms. The molecule has 1 atom stereocenters. The van der Waals surface area contributed by atoms with E-state index in [4.69, 9.17) is 17.3 Å². The first kappa shape index (κ1) is 11.1. The Bertz CT molecular complexity index is 398. The van der Waals surface area contributed by atoms with Crippen molar-refractivity contribution in [2.75, 3.05) is 18.0 Å². The van der Waals surface area contributed by atoms with E-state index in [9.17, 15) is 4.79 Å². The number of halogens is 1. The Hall–Kier alpha value is -1.36. The summed E-state index contributed by atoms with van der Waals surface area (Å²) in [6.07, 6.45) is 4.91. The summed E-state index contributed by atoms with van der Waals surface area (Å²) in [4.78, 5) is 21.3. The van der Waals surface area contributed by atoms with Gasteiger partial charge in [-0.05, 0) is 12.8 Å². The maximum atomic E-state index is 11.1. The molecule has 5 nitrogen and oxygen atoms in total. The fourth-order valence-corrected chi connectivity index (χ4v) is 2.05. The van der Waals surface area contributed by atoms with E-state index in [0.29, 0.717) is 17.5 Å². The molecule has 1 aromatic rings. The van der Waals surface area contributed by atoms with Gasteiger partial charge in [0.05, 0.1) is 18.3 Å². The van der Waals surface area contributed by atoms with Gasteiger partial charge in [-0.2, -0.15) is 0 Å². The lowest BCUT2D eigenvalue weighted by Crippen LogP contribution is -2.41. The minimum absolute atomic E-state index is 0.102. The van der Waals surface area contributed by atoms with Crippen LogP contribution in [-0.2, 0) is 4.79 Å². The Morgan fingerprint density at radius 1 is 1.56 bits per heavy atom. The summed E-state index contributed by atoms with van der Waals surface area (Å²) in [6.45, 7) is 1.46. The first-order valence-electron chi connectivity index (χ1n) is 5.18. The fourth-order valence-electron chi connectivity index (χ4n) is 1.90. The lowest BCUT2D eigenvalue weighted by molar-refractivity contribution is -0.122. The van der Waals surface area contributed by atoms with Crippen LogP contribution in [0.5, 0.6) is 0 Å². The molecule has 2 heterocycles. The molecule has 1 aliphatic heterocycles. The van der Waals surface area contributed by atoms with Gasteiger partial charge >= 0.3 is 0 Å². The number of carbonyl (C=O) groups excluding carboxylic acids is 1. The highest BCUT2D eigenvalue weighted by Gasteiger charge is 2.24. The topological polar surface area (TPSA) is 72.1 Å². The number of carbonyl (C=O) groups is 1. The van der Waals surface area contributed by atoms with Crippen LogP contribution in [0.25, 0.3) is 0 Å². The average molecular weight is 241 g/mol. The van der Waals surface area contributed by atoms with E-state index in [1.165, 1.54) is 6.20 Å². The van der Waals surface area contributed by atoms with Gasteiger partial charge in [0.2, 0.25) is 5.91 Å². The molecule has 1 saturated heterocycles. The lowest BCUT2D eigenvalue weighted by Gasteiger charge is -2.31. The quantitative estimate of drug-likeness (QED) is 0.831. The Balaban J connectivity index is 2.12. The molecule has 0 radical (unpaired) electrons. The number of amides is 1. The van der Waals surface area contributed by atoms with E-state index in [0.717, 1.165) is 19.4 Å². The minimum Gasteiger partial charge on any atom is -0.369 e. The average Bonchev–Trinajstić information content (AvgIpc) is 2.29. The predicted molar refractivity (Wildman–Crippen MR) is 61.2 cm³/mol. The molecule has 0 saturated carbocycles. The smallest absolute Gasteiger partial charge is 0.222 e. The van der Waals surface area contributed by atoms with Gasteiger partial charge < -0.3 is 10.6 Å².